The van der Waals surface area contributed by atoms with E-state index in [0.717, 1.165) is 6.42 Å². The Balaban J connectivity index is 2.92. The first-order valence-corrected chi connectivity index (χ1v) is 6.93. The normalized spacial score (nSPS) is 13.6. The molecule has 98 valence electrons. The van der Waals surface area contributed by atoms with Crippen molar-refractivity contribution in [3.63, 3.8) is 0 Å². The minimum atomic E-state index is 0.449. The first-order valence-electron chi connectivity index (χ1n) is 6.93. The highest BCUT2D eigenvalue weighted by Gasteiger charge is 2.05. The average molecular weight is 243 g/mol. The highest BCUT2D eigenvalue weighted by molar-refractivity contribution is 5.71. The van der Waals surface area contributed by atoms with Crippen LogP contribution in [0.25, 0.3) is 0 Å². The monoisotopic (exact) mass is 243 g/mol. The Hall–Kier alpha value is -1.37. The predicted octanol–water partition coefficient (Wildman–Crippen LogP) is 4.56. The Bertz CT molecular complexity index is 416. The fourth-order valence-electron chi connectivity index (χ4n) is 2.19. The van der Waals surface area contributed by atoms with Crippen molar-refractivity contribution >= 4 is 6.21 Å². The number of benzene rings is 1. The van der Waals surface area contributed by atoms with Gasteiger partial charge in [-0.25, -0.2) is 0 Å². The van der Waals surface area contributed by atoms with Crippen LogP contribution < -0.4 is 0 Å². The van der Waals surface area contributed by atoms with Crippen molar-refractivity contribution in [1.29, 1.82) is 0 Å². The van der Waals surface area contributed by atoms with Gasteiger partial charge in [-0.2, -0.15) is 0 Å². The van der Waals surface area contributed by atoms with Crippen LogP contribution >= 0.6 is 0 Å². The standard InChI is InChI=1S/C17H25N/c1-5-8-17-13-16(11-10-15(17)6-2)14(3)9-7-12-18-4/h7,9-14H,5-6,8H2,1-4H3/b9-7-,18-12?. The van der Waals surface area contributed by atoms with Crippen molar-refractivity contribution in [2.24, 2.45) is 4.99 Å². The van der Waals surface area contributed by atoms with Crippen LogP contribution in [0.1, 0.15) is 49.8 Å². The van der Waals surface area contributed by atoms with Crippen molar-refractivity contribution in [2.75, 3.05) is 7.05 Å². The molecule has 18 heavy (non-hydrogen) atoms. The van der Waals surface area contributed by atoms with Gasteiger partial charge in [0.05, 0.1) is 0 Å². The molecule has 1 rings (SSSR count). The van der Waals surface area contributed by atoms with Gasteiger partial charge >= 0.3 is 0 Å². The molecule has 0 aliphatic heterocycles. The Morgan fingerprint density at radius 3 is 2.61 bits per heavy atom. The van der Waals surface area contributed by atoms with Gasteiger partial charge in [0.25, 0.3) is 0 Å². The Morgan fingerprint density at radius 1 is 1.22 bits per heavy atom. The molecule has 0 aliphatic carbocycles. The number of allylic oxidation sites excluding steroid dienone is 2. The number of hydrogen-bond donors (Lipinski definition) is 0. The zero-order chi connectivity index (χ0) is 13.4. The van der Waals surface area contributed by atoms with E-state index in [4.69, 9.17) is 0 Å². The second-order valence-corrected chi connectivity index (χ2v) is 4.71. The Labute approximate surface area is 112 Å². The van der Waals surface area contributed by atoms with E-state index in [1.165, 1.54) is 29.5 Å². The zero-order valence-electron chi connectivity index (χ0n) is 12.1. The summed E-state index contributed by atoms with van der Waals surface area (Å²) in [5.41, 5.74) is 4.41. The second-order valence-electron chi connectivity index (χ2n) is 4.71. The lowest BCUT2D eigenvalue weighted by Gasteiger charge is -2.12. The number of aryl methyl sites for hydroxylation is 2. The molecule has 1 atom stereocenters. The van der Waals surface area contributed by atoms with Crippen LogP contribution in [0, 0.1) is 0 Å². The molecule has 0 N–H and O–H groups in total. The van der Waals surface area contributed by atoms with Crippen LogP contribution in [-0.4, -0.2) is 13.3 Å². The molecule has 0 spiro atoms. The molecule has 1 unspecified atom stereocenters. The molecule has 1 heteroatoms. The van der Waals surface area contributed by atoms with Crippen molar-refractivity contribution < 1.29 is 0 Å². The molecule has 1 nitrogen and oxygen atoms in total. The minimum absolute atomic E-state index is 0.449. The fourth-order valence-corrected chi connectivity index (χ4v) is 2.19. The number of aliphatic imine (C=N–C) groups is 1. The summed E-state index contributed by atoms with van der Waals surface area (Å²) in [6, 6.07) is 6.93. The van der Waals surface area contributed by atoms with E-state index < -0.39 is 0 Å². The van der Waals surface area contributed by atoms with Crippen LogP contribution in [0.2, 0.25) is 0 Å². The van der Waals surface area contributed by atoms with Gasteiger partial charge < -0.3 is 0 Å². The van der Waals surface area contributed by atoms with Gasteiger partial charge in [0.1, 0.15) is 0 Å². The van der Waals surface area contributed by atoms with E-state index >= 15 is 0 Å². The zero-order valence-corrected chi connectivity index (χ0v) is 12.1. The summed E-state index contributed by atoms with van der Waals surface area (Å²) < 4.78 is 0. The number of nitrogens with zero attached hydrogens (tertiary/aromatic N) is 1. The van der Waals surface area contributed by atoms with Gasteiger partial charge in [-0.05, 0) is 41.5 Å². The maximum absolute atomic E-state index is 3.96. The van der Waals surface area contributed by atoms with Crippen LogP contribution in [0.3, 0.4) is 0 Å². The average Bonchev–Trinajstić information content (AvgIpc) is 2.39. The first-order chi connectivity index (χ1) is 8.72. The summed E-state index contributed by atoms with van der Waals surface area (Å²) >= 11 is 0. The van der Waals surface area contributed by atoms with Crippen molar-refractivity contribution in [3.8, 4) is 0 Å². The smallest absolute Gasteiger partial charge is 0.0277 e. The third-order valence-electron chi connectivity index (χ3n) is 3.29. The van der Waals surface area contributed by atoms with E-state index in [-0.39, 0.29) is 0 Å². The van der Waals surface area contributed by atoms with E-state index in [1.54, 1.807) is 7.05 Å². The van der Waals surface area contributed by atoms with Gasteiger partial charge in [0, 0.05) is 13.3 Å². The molecule has 0 saturated heterocycles. The molecule has 0 amide bonds. The maximum atomic E-state index is 3.96. The lowest BCUT2D eigenvalue weighted by molar-refractivity contribution is 0.884. The molecule has 0 aromatic heterocycles. The first kappa shape index (κ1) is 14.7. The summed E-state index contributed by atoms with van der Waals surface area (Å²) in [7, 11) is 1.80. The molecule has 0 heterocycles. The molecular weight excluding hydrogens is 218 g/mol. The van der Waals surface area contributed by atoms with E-state index in [0.29, 0.717) is 5.92 Å². The lowest BCUT2D eigenvalue weighted by Crippen LogP contribution is -1.97. The molecule has 0 radical (unpaired) electrons. The topological polar surface area (TPSA) is 12.4 Å². The minimum Gasteiger partial charge on any atom is -0.297 e. The molecule has 0 aliphatic rings. The van der Waals surface area contributed by atoms with Crippen molar-refractivity contribution in [2.45, 2.75) is 46.0 Å². The van der Waals surface area contributed by atoms with Crippen LogP contribution in [0.4, 0.5) is 0 Å². The SMILES string of the molecule is CCCc1cc(C(C)/C=C\C=NC)ccc1CC. The molecule has 0 fully saturated rings. The van der Waals surface area contributed by atoms with E-state index in [2.05, 4.69) is 50.0 Å². The number of rotatable bonds is 6. The van der Waals surface area contributed by atoms with Crippen LogP contribution in [0.15, 0.2) is 35.3 Å². The Morgan fingerprint density at radius 2 is 2.00 bits per heavy atom. The third kappa shape index (κ3) is 4.14. The van der Waals surface area contributed by atoms with Gasteiger partial charge in [-0.15, -0.1) is 0 Å². The fraction of sp³-hybridized carbons (Fsp3) is 0.471. The maximum Gasteiger partial charge on any atom is 0.0277 e. The summed E-state index contributed by atoms with van der Waals surface area (Å²) in [6.45, 7) is 6.71. The summed E-state index contributed by atoms with van der Waals surface area (Å²) in [5, 5.41) is 0. The molecule has 1 aromatic carbocycles. The predicted molar refractivity (Wildman–Crippen MR) is 81.8 cm³/mol. The van der Waals surface area contributed by atoms with Crippen molar-refractivity contribution in [3.05, 3.63) is 47.0 Å². The molecule has 0 saturated carbocycles. The molecule has 1 aromatic rings. The highest BCUT2D eigenvalue weighted by atomic mass is 14.6. The van der Waals surface area contributed by atoms with E-state index in [1.807, 2.05) is 12.3 Å². The van der Waals surface area contributed by atoms with Gasteiger partial charge in [-0.3, -0.25) is 4.99 Å². The van der Waals surface area contributed by atoms with Crippen molar-refractivity contribution in [1.82, 2.24) is 0 Å². The van der Waals surface area contributed by atoms with Crippen LogP contribution in [-0.2, 0) is 12.8 Å². The quantitative estimate of drug-likeness (QED) is 0.649. The largest absolute Gasteiger partial charge is 0.297 e. The summed E-state index contributed by atoms with van der Waals surface area (Å²) in [5.74, 6) is 0.449. The molecule has 0 bridgehead atoms. The summed E-state index contributed by atoms with van der Waals surface area (Å²) in [6.07, 6.45) is 9.58. The Kier molecular flexibility index (Phi) is 6.42. The third-order valence-corrected chi connectivity index (χ3v) is 3.29. The van der Waals surface area contributed by atoms with Crippen LogP contribution in [0.5, 0.6) is 0 Å². The van der Waals surface area contributed by atoms with Gasteiger partial charge in [0.2, 0.25) is 0 Å². The second kappa shape index (κ2) is 7.86. The summed E-state index contributed by atoms with van der Waals surface area (Å²) in [4.78, 5) is 3.96. The highest BCUT2D eigenvalue weighted by Crippen LogP contribution is 2.22. The number of hydrogen-bond acceptors (Lipinski definition) is 1. The van der Waals surface area contributed by atoms with Gasteiger partial charge in [0.15, 0.2) is 0 Å². The lowest BCUT2D eigenvalue weighted by atomic mass is 9.93. The van der Waals surface area contributed by atoms with E-state index in [9.17, 15) is 0 Å². The van der Waals surface area contributed by atoms with Gasteiger partial charge in [-0.1, -0.05) is 51.5 Å². The molecular formula is C17H25N.